The first-order valence-electron chi connectivity index (χ1n) is 9.25. The molecule has 7 rings (SSSR count). The third kappa shape index (κ3) is 1.45. The van der Waals surface area contributed by atoms with Gasteiger partial charge in [0.2, 0.25) is 0 Å². The molecule has 0 aliphatic heterocycles. The van der Waals surface area contributed by atoms with Gasteiger partial charge in [0.1, 0.15) is 21.5 Å². The Morgan fingerprint density at radius 2 is 0.800 bits per heavy atom. The summed E-state index contributed by atoms with van der Waals surface area (Å²) in [5.74, 6) is -0.691. The van der Waals surface area contributed by atoms with Crippen LogP contribution in [-0.4, -0.2) is 15.3 Å². The maximum Gasteiger partial charge on any atom is 0.257 e. The van der Waals surface area contributed by atoms with E-state index >= 15 is 0 Å². The molecule has 30 heavy (non-hydrogen) atoms. The van der Waals surface area contributed by atoms with Crippen molar-refractivity contribution in [1.29, 1.82) is 0 Å². The molecule has 0 unspecified atom stereocenters. The molecule has 0 saturated heterocycles. The predicted molar refractivity (Wildman–Crippen MR) is 116 cm³/mol. The lowest BCUT2D eigenvalue weighted by Gasteiger charge is -2.12. The highest BCUT2D eigenvalue weighted by Gasteiger charge is 2.36. The van der Waals surface area contributed by atoms with Crippen LogP contribution in [0.2, 0.25) is 0 Å². The molecular formula is C24H9O6+3. The summed E-state index contributed by atoms with van der Waals surface area (Å²) < 4.78 is 0. The number of benzene rings is 7. The van der Waals surface area contributed by atoms with E-state index in [-0.39, 0.29) is 33.4 Å². The molecule has 0 amide bonds. The van der Waals surface area contributed by atoms with E-state index in [1.54, 1.807) is 0 Å². The Labute approximate surface area is 164 Å². The minimum absolute atomic E-state index is 0.00701. The molecule has 6 nitrogen and oxygen atoms in total. The summed E-state index contributed by atoms with van der Waals surface area (Å²) in [6, 6.07) is 8.13. The lowest BCUT2D eigenvalue weighted by Crippen LogP contribution is -2.14. The number of phenolic OH excluding ortho intramolecular Hbond substituents is 3. The Balaban J connectivity index is 2.13. The molecule has 7 aromatic rings. The third-order valence-electron chi connectivity index (χ3n) is 6.36. The molecule has 138 valence electrons. The van der Waals surface area contributed by atoms with Crippen molar-refractivity contribution in [2.75, 3.05) is 0 Å². The predicted octanol–water partition coefficient (Wildman–Crippen LogP) is 3.27. The first-order chi connectivity index (χ1) is 14.4. The quantitative estimate of drug-likeness (QED) is 0.207. The second-order valence-corrected chi connectivity index (χ2v) is 7.86. The minimum Gasteiger partial charge on any atom is -0.495 e. The summed E-state index contributed by atoms with van der Waals surface area (Å²) in [4.78, 5) is 38.5. The maximum absolute atomic E-state index is 12.9. The van der Waals surface area contributed by atoms with E-state index in [0.717, 1.165) is 0 Å². The summed E-state index contributed by atoms with van der Waals surface area (Å²) in [6.07, 6.45) is 0. The molecule has 0 aliphatic rings. The molecule has 0 aliphatic carbocycles. The van der Waals surface area contributed by atoms with Crippen molar-refractivity contribution in [3.63, 3.8) is 0 Å². The zero-order valence-electron chi connectivity index (χ0n) is 15.0. The molecule has 0 fully saturated rings. The molecule has 0 spiro atoms. The average Bonchev–Trinajstić information content (AvgIpc) is 2.65. The Morgan fingerprint density at radius 3 is 1.27 bits per heavy atom. The van der Waals surface area contributed by atoms with Crippen LogP contribution in [-0.2, 0) is 0 Å². The van der Waals surface area contributed by atoms with Crippen LogP contribution in [0.5, 0.6) is 17.2 Å². The molecule has 0 aromatic heterocycles. The van der Waals surface area contributed by atoms with Gasteiger partial charge in [-0.2, -0.15) is 0 Å². The van der Waals surface area contributed by atoms with Crippen LogP contribution in [0.3, 0.4) is 0 Å². The number of phenols is 3. The van der Waals surface area contributed by atoms with Gasteiger partial charge in [-0.1, -0.05) is 0 Å². The topological polar surface area (TPSA) is 112 Å². The largest absolute Gasteiger partial charge is 0.495 e. The zero-order valence-corrected chi connectivity index (χ0v) is 15.0. The van der Waals surface area contributed by atoms with Crippen LogP contribution in [0.1, 0.15) is 0 Å². The van der Waals surface area contributed by atoms with E-state index in [2.05, 4.69) is 0 Å². The first-order valence-corrected chi connectivity index (χ1v) is 9.25. The number of hydrogen-bond donors (Lipinski definition) is 3. The van der Waals surface area contributed by atoms with Crippen LogP contribution in [0.4, 0.5) is 0 Å². The lowest BCUT2D eigenvalue weighted by molar-refractivity contribution is 0.465. The van der Waals surface area contributed by atoms with Crippen molar-refractivity contribution in [3.8, 4) is 17.2 Å². The van der Waals surface area contributed by atoms with Gasteiger partial charge in [-0.05, 0) is 0 Å². The van der Waals surface area contributed by atoms with Crippen molar-refractivity contribution < 1.29 is 15.3 Å². The first kappa shape index (κ1) is 15.6. The van der Waals surface area contributed by atoms with Crippen molar-refractivity contribution in [2.45, 2.75) is 0 Å². The van der Waals surface area contributed by atoms with E-state index in [1.165, 1.54) is 36.4 Å². The van der Waals surface area contributed by atoms with Gasteiger partial charge in [0.05, 0.1) is 68.7 Å². The lowest BCUT2D eigenvalue weighted by atomic mass is 9.82. The second kappa shape index (κ2) is 4.46. The van der Waals surface area contributed by atoms with Crippen molar-refractivity contribution >= 4 is 64.6 Å². The highest BCUT2D eigenvalue weighted by atomic mass is 16.3. The summed E-state index contributed by atoms with van der Waals surface area (Å²) >= 11 is 0. The smallest absolute Gasteiger partial charge is 0.257 e. The van der Waals surface area contributed by atoms with Gasteiger partial charge >= 0.3 is 0 Å². The van der Waals surface area contributed by atoms with Gasteiger partial charge in [0.15, 0.2) is 28.0 Å². The molecule has 6 heteroatoms. The van der Waals surface area contributed by atoms with Gasteiger partial charge in [0.25, 0.3) is 16.3 Å². The summed E-state index contributed by atoms with van der Waals surface area (Å²) in [6.45, 7) is 0. The van der Waals surface area contributed by atoms with Gasteiger partial charge in [-0.25, -0.2) is 0 Å². The van der Waals surface area contributed by atoms with E-state index in [1.807, 2.05) is 0 Å². The molecule has 0 bridgehead atoms. The van der Waals surface area contributed by atoms with Crippen molar-refractivity contribution in [2.24, 2.45) is 0 Å². The van der Waals surface area contributed by atoms with Crippen LogP contribution >= 0.6 is 0 Å². The number of rotatable bonds is 0. The monoisotopic (exact) mass is 393 g/mol. The van der Waals surface area contributed by atoms with Crippen LogP contribution < -0.4 is 16.3 Å². The van der Waals surface area contributed by atoms with Crippen molar-refractivity contribution in [1.82, 2.24) is 0 Å². The van der Waals surface area contributed by atoms with E-state index < -0.39 is 16.3 Å². The fourth-order valence-corrected chi connectivity index (χ4v) is 5.36. The van der Waals surface area contributed by atoms with Crippen LogP contribution in [0.15, 0.2) is 50.8 Å². The fourth-order valence-electron chi connectivity index (χ4n) is 5.36. The highest BCUT2D eigenvalue weighted by molar-refractivity contribution is 6.45. The van der Waals surface area contributed by atoms with Gasteiger partial charge in [-0.3, -0.25) is 14.4 Å². The van der Waals surface area contributed by atoms with Gasteiger partial charge in [0, 0.05) is 0 Å². The Morgan fingerprint density at radius 1 is 0.467 bits per heavy atom. The van der Waals surface area contributed by atoms with Crippen molar-refractivity contribution in [3.05, 3.63) is 67.1 Å². The number of aromatic hydroxyl groups is 3. The molecular weight excluding hydrogens is 384 g/mol. The van der Waals surface area contributed by atoms with E-state index in [9.17, 15) is 29.7 Å². The van der Waals surface area contributed by atoms with Crippen LogP contribution in [0.25, 0.3) is 64.6 Å². The average molecular weight is 393 g/mol. The molecule has 0 heterocycles. The van der Waals surface area contributed by atoms with E-state index in [4.69, 9.17) is 0 Å². The third-order valence-corrected chi connectivity index (χ3v) is 6.36. The Bertz CT molecular complexity index is 2010. The van der Waals surface area contributed by atoms with Crippen LogP contribution in [0, 0.1) is 0 Å². The molecule has 0 saturated carbocycles. The van der Waals surface area contributed by atoms with Gasteiger partial charge < -0.3 is 15.3 Å². The van der Waals surface area contributed by atoms with E-state index in [0.29, 0.717) is 48.5 Å². The normalized spacial score (nSPS) is 12.8. The SMILES string of the molecule is O=c1cc2cc(O)[c+]3c(O)cc4cc(=O)[c+]5c(=O)cc6cc(O)[c+]1c1c2c3c4c5c61. The molecule has 7 aromatic carbocycles. The summed E-state index contributed by atoms with van der Waals surface area (Å²) in [7, 11) is 0. The zero-order chi connectivity index (χ0) is 20.6. The summed E-state index contributed by atoms with van der Waals surface area (Å²) in [5, 5.41) is 36.4. The molecule has 3 N–H and O–H groups in total. The molecule has 0 atom stereocenters. The van der Waals surface area contributed by atoms with Gasteiger partial charge in [-0.15, -0.1) is 0 Å². The maximum atomic E-state index is 12.9. The minimum atomic E-state index is -0.484. The fraction of sp³-hybridized carbons (Fsp3) is 0. The Kier molecular flexibility index (Phi) is 2.32. The second-order valence-electron chi connectivity index (χ2n) is 7.86. The Hall–Kier alpha value is -4.32. The summed E-state index contributed by atoms with van der Waals surface area (Å²) in [5.41, 5.74) is -1.40. The number of hydrogen-bond acceptors (Lipinski definition) is 6. The highest BCUT2D eigenvalue weighted by Crippen LogP contribution is 2.51. The molecule has 0 radical (unpaired) electrons. The standard InChI is InChI=1S/C24H6O6/c25-10-1-7-2-11(26)20-13(28)5-9-6-15(30)21-14(29)4-8-3-12(27)19(10)22-16(7)23(20)18(9)24(21)17(8)22/h1-6H/p+3.